The molecule has 0 spiro atoms. The van der Waals surface area contributed by atoms with Crippen molar-refractivity contribution in [2.24, 2.45) is 5.92 Å². The Bertz CT molecular complexity index is 644. The summed E-state index contributed by atoms with van der Waals surface area (Å²) in [5, 5.41) is 4.22. The van der Waals surface area contributed by atoms with Gasteiger partial charge in [0.1, 0.15) is 5.65 Å². The van der Waals surface area contributed by atoms with Crippen LogP contribution in [0.4, 0.5) is 0 Å². The van der Waals surface area contributed by atoms with Crippen molar-refractivity contribution < 1.29 is 4.79 Å². The first-order valence-electron chi connectivity index (χ1n) is 7.67. The largest absolute Gasteiger partial charge is 0.356 e. The molecular weight excluding hydrogens is 262 g/mol. The first-order chi connectivity index (χ1) is 10.3. The molecule has 0 saturated heterocycles. The van der Waals surface area contributed by atoms with E-state index in [0.717, 1.165) is 49.8 Å². The third kappa shape index (κ3) is 3.32. The summed E-state index contributed by atoms with van der Waals surface area (Å²) < 4.78 is 2.14. The molecule has 2 aromatic heterocycles. The first-order valence-corrected chi connectivity index (χ1v) is 7.67. The van der Waals surface area contributed by atoms with Gasteiger partial charge in [-0.15, -0.1) is 0 Å². The molecule has 2 heterocycles. The molecular formula is C17H21N3O. The molecule has 0 aliphatic heterocycles. The van der Waals surface area contributed by atoms with Gasteiger partial charge in [0.05, 0.1) is 0 Å². The summed E-state index contributed by atoms with van der Waals surface area (Å²) in [5.74, 6) is 0.374. The minimum Gasteiger partial charge on any atom is -0.356 e. The van der Waals surface area contributed by atoms with Crippen molar-refractivity contribution in [3.8, 4) is 0 Å². The van der Waals surface area contributed by atoms with Gasteiger partial charge in [-0.05, 0) is 43.9 Å². The molecule has 0 aromatic carbocycles. The molecule has 1 amide bonds. The van der Waals surface area contributed by atoms with E-state index in [1.54, 1.807) is 0 Å². The van der Waals surface area contributed by atoms with Crippen LogP contribution < -0.4 is 5.32 Å². The lowest BCUT2D eigenvalue weighted by molar-refractivity contribution is -0.125. The zero-order valence-corrected chi connectivity index (χ0v) is 12.2. The Hall–Kier alpha value is -2.10. The van der Waals surface area contributed by atoms with Gasteiger partial charge in [0, 0.05) is 36.8 Å². The van der Waals surface area contributed by atoms with E-state index in [1.165, 1.54) is 0 Å². The van der Waals surface area contributed by atoms with Crippen LogP contribution in [-0.2, 0) is 11.3 Å². The van der Waals surface area contributed by atoms with Crippen LogP contribution in [0.2, 0.25) is 0 Å². The maximum absolute atomic E-state index is 12.0. The molecule has 1 aliphatic carbocycles. The number of pyridine rings is 1. The standard InChI is InChI=1S/C17H21N3O/c21-17(15-6-2-1-3-7-15)19-11-5-12-20-13-9-14-8-4-10-18-16(14)20/h1-2,4,8-10,13,15H,3,5-7,11-12H2,(H,19,21)/t15-/m0/s1. The minimum atomic E-state index is 0.170. The topological polar surface area (TPSA) is 46.9 Å². The molecule has 0 saturated carbocycles. The van der Waals surface area contributed by atoms with Gasteiger partial charge in [0.15, 0.2) is 0 Å². The summed E-state index contributed by atoms with van der Waals surface area (Å²) in [7, 11) is 0. The number of amides is 1. The third-order valence-electron chi connectivity index (χ3n) is 4.04. The van der Waals surface area contributed by atoms with E-state index in [2.05, 4.69) is 45.3 Å². The van der Waals surface area contributed by atoms with E-state index in [-0.39, 0.29) is 11.8 Å². The van der Waals surface area contributed by atoms with Crippen LogP contribution in [-0.4, -0.2) is 22.0 Å². The quantitative estimate of drug-likeness (QED) is 0.677. The second-order valence-corrected chi connectivity index (χ2v) is 5.55. The summed E-state index contributed by atoms with van der Waals surface area (Å²) in [5.41, 5.74) is 1.02. The number of allylic oxidation sites excluding steroid dienone is 2. The SMILES string of the molecule is O=C(NCCCn1ccc2cccnc21)[C@H]1CC=CCC1. The van der Waals surface area contributed by atoms with Crippen LogP contribution in [0.1, 0.15) is 25.7 Å². The lowest BCUT2D eigenvalue weighted by atomic mass is 9.94. The highest BCUT2D eigenvalue weighted by molar-refractivity contribution is 5.79. The van der Waals surface area contributed by atoms with Gasteiger partial charge in [-0.3, -0.25) is 4.79 Å². The van der Waals surface area contributed by atoms with Crippen LogP contribution in [0, 0.1) is 5.92 Å². The normalized spacial score (nSPS) is 18.0. The summed E-state index contributed by atoms with van der Waals surface area (Å²) in [6, 6.07) is 6.10. The average molecular weight is 283 g/mol. The van der Waals surface area contributed by atoms with Crippen molar-refractivity contribution in [2.75, 3.05) is 6.54 Å². The van der Waals surface area contributed by atoms with E-state index in [9.17, 15) is 4.79 Å². The lowest BCUT2D eigenvalue weighted by Gasteiger charge is -2.17. The van der Waals surface area contributed by atoms with Crippen molar-refractivity contribution >= 4 is 16.9 Å². The molecule has 0 fully saturated rings. The van der Waals surface area contributed by atoms with Gasteiger partial charge in [-0.2, -0.15) is 0 Å². The van der Waals surface area contributed by atoms with Crippen molar-refractivity contribution in [3.05, 3.63) is 42.7 Å². The summed E-state index contributed by atoms with van der Waals surface area (Å²) in [6.07, 6.45) is 12.0. The van der Waals surface area contributed by atoms with Crippen LogP contribution in [0.15, 0.2) is 42.7 Å². The van der Waals surface area contributed by atoms with Crippen LogP contribution in [0.5, 0.6) is 0 Å². The van der Waals surface area contributed by atoms with E-state index >= 15 is 0 Å². The number of nitrogens with zero attached hydrogens (tertiary/aromatic N) is 2. The fraction of sp³-hybridized carbons (Fsp3) is 0.412. The molecule has 4 nitrogen and oxygen atoms in total. The maximum atomic E-state index is 12.0. The third-order valence-corrected chi connectivity index (χ3v) is 4.04. The van der Waals surface area contributed by atoms with Crippen molar-refractivity contribution in [1.82, 2.24) is 14.9 Å². The first kappa shape index (κ1) is 13.9. The number of carbonyl (C=O) groups excluding carboxylic acids is 1. The average Bonchev–Trinajstić information content (AvgIpc) is 2.95. The Morgan fingerprint density at radius 1 is 1.38 bits per heavy atom. The monoisotopic (exact) mass is 283 g/mol. The highest BCUT2D eigenvalue weighted by Crippen LogP contribution is 2.18. The van der Waals surface area contributed by atoms with E-state index in [0.29, 0.717) is 0 Å². The highest BCUT2D eigenvalue weighted by Gasteiger charge is 2.17. The molecule has 110 valence electrons. The van der Waals surface area contributed by atoms with E-state index < -0.39 is 0 Å². The van der Waals surface area contributed by atoms with Crippen molar-refractivity contribution in [3.63, 3.8) is 0 Å². The number of hydrogen-bond donors (Lipinski definition) is 1. The number of hydrogen-bond acceptors (Lipinski definition) is 2. The Morgan fingerprint density at radius 3 is 3.19 bits per heavy atom. The smallest absolute Gasteiger partial charge is 0.223 e. The van der Waals surface area contributed by atoms with E-state index in [1.807, 2.05) is 12.3 Å². The molecule has 3 rings (SSSR count). The number of fused-ring (bicyclic) bond motifs is 1. The predicted molar refractivity (Wildman–Crippen MR) is 83.8 cm³/mol. The fourth-order valence-electron chi connectivity index (χ4n) is 2.84. The number of carbonyl (C=O) groups is 1. The Labute approximate surface area is 124 Å². The van der Waals surface area contributed by atoms with Crippen LogP contribution >= 0.6 is 0 Å². The summed E-state index contributed by atoms with van der Waals surface area (Å²) in [6.45, 7) is 1.61. The number of aryl methyl sites for hydroxylation is 1. The molecule has 0 unspecified atom stereocenters. The molecule has 1 atom stereocenters. The number of aromatic nitrogens is 2. The molecule has 2 aromatic rings. The van der Waals surface area contributed by atoms with E-state index in [4.69, 9.17) is 0 Å². The molecule has 21 heavy (non-hydrogen) atoms. The Kier molecular flexibility index (Phi) is 4.34. The summed E-state index contributed by atoms with van der Waals surface area (Å²) >= 11 is 0. The minimum absolute atomic E-state index is 0.170. The van der Waals surface area contributed by atoms with Gasteiger partial charge in [0.25, 0.3) is 0 Å². The number of nitrogens with one attached hydrogen (secondary N) is 1. The Morgan fingerprint density at radius 2 is 2.33 bits per heavy atom. The Balaban J connectivity index is 1.46. The molecule has 4 heteroatoms. The second-order valence-electron chi connectivity index (χ2n) is 5.55. The zero-order valence-electron chi connectivity index (χ0n) is 12.2. The lowest BCUT2D eigenvalue weighted by Crippen LogP contribution is -2.32. The second kappa shape index (κ2) is 6.57. The van der Waals surface area contributed by atoms with Crippen LogP contribution in [0.3, 0.4) is 0 Å². The zero-order chi connectivity index (χ0) is 14.5. The predicted octanol–water partition coefficient (Wildman–Crippen LogP) is 2.90. The van der Waals surface area contributed by atoms with Crippen LogP contribution in [0.25, 0.3) is 11.0 Å². The van der Waals surface area contributed by atoms with Gasteiger partial charge in [0.2, 0.25) is 5.91 Å². The number of rotatable bonds is 5. The fourth-order valence-corrected chi connectivity index (χ4v) is 2.84. The molecule has 1 N–H and O–H groups in total. The van der Waals surface area contributed by atoms with Crippen molar-refractivity contribution in [2.45, 2.75) is 32.2 Å². The van der Waals surface area contributed by atoms with Gasteiger partial charge in [-0.25, -0.2) is 4.98 Å². The van der Waals surface area contributed by atoms with Gasteiger partial charge >= 0.3 is 0 Å². The summed E-state index contributed by atoms with van der Waals surface area (Å²) in [4.78, 5) is 16.4. The molecule has 0 bridgehead atoms. The van der Waals surface area contributed by atoms with Gasteiger partial charge < -0.3 is 9.88 Å². The maximum Gasteiger partial charge on any atom is 0.223 e. The van der Waals surface area contributed by atoms with Crippen molar-refractivity contribution in [1.29, 1.82) is 0 Å². The molecule has 0 radical (unpaired) electrons. The molecule has 1 aliphatic rings. The highest BCUT2D eigenvalue weighted by atomic mass is 16.1. The van der Waals surface area contributed by atoms with Gasteiger partial charge in [-0.1, -0.05) is 12.2 Å².